The zero-order valence-corrected chi connectivity index (χ0v) is 11.2. The average Bonchev–Trinajstić information content (AvgIpc) is 2.67. The van der Waals surface area contributed by atoms with E-state index in [4.69, 9.17) is 16.6 Å². The Morgan fingerprint density at radius 1 is 1.50 bits per heavy atom. The SMILES string of the molecule is CCC1CCCc2c(CCl)nc(C(C)C)n21. The minimum Gasteiger partial charge on any atom is -0.328 e. The second-order valence-electron chi connectivity index (χ2n) is 4.98. The summed E-state index contributed by atoms with van der Waals surface area (Å²) in [4.78, 5) is 4.74. The summed E-state index contributed by atoms with van der Waals surface area (Å²) in [5, 5.41) is 0. The van der Waals surface area contributed by atoms with Crippen LogP contribution >= 0.6 is 11.6 Å². The highest BCUT2D eigenvalue weighted by molar-refractivity contribution is 6.17. The molecule has 1 atom stereocenters. The van der Waals surface area contributed by atoms with Gasteiger partial charge in [-0.3, -0.25) is 0 Å². The van der Waals surface area contributed by atoms with Crippen molar-refractivity contribution in [2.45, 2.75) is 64.3 Å². The third kappa shape index (κ3) is 1.88. The van der Waals surface area contributed by atoms with E-state index in [1.165, 1.54) is 30.8 Å². The highest BCUT2D eigenvalue weighted by Gasteiger charge is 2.26. The highest BCUT2D eigenvalue weighted by atomic mass is 35.5. The van der Waals surface area contributed by atoms with E-state index in [0.29, 0.717) is 17.8 Å². The molecule has 16 heavy (non-hydrogen) atoms. The van der Waals surface area contributed by atoms with Crippen LogP contribution in [0, 0.1) is 0 Å². The van der Waals surface area contributed by atoms with Gasteiger partial charge in [0.25, 0.3) is 0 Å². The fourth-order valence-electron chi connectivity index (χ4n) is 2.74. The molecular weight excluding hydrogens is 220 g/mol. The number of nitrogens with zero attached hydrogens (tertiary/aromatic N) is 2. The minimum atomic E-state index is 0.489. The molecular formula is C13H21ClN2. The molecule has 0 radical (unpaired) electrons. The van der Waals surface area contributed by atoms with Gasteiger partial charge in [0, 0.05) is 17.7 Å². The lowest BCUT2D eigenvalue weighted by Gasteiger charge is -2.27. The number of halogens is 1. The molecule has 3 heteroatoms. The third-order valence-corrected chi connectivity index (χ3v) is 3.80. The molecule has 0 N–H and O–H groups in total. The molecule has 0 aromatic carbocycles. The van der Waals surface area contributed by atoms with E-state index in [-0.39, 0.29) is 0 Å². The number of fused-ring (bicyclic) bond motifs is 1. The molecule has 0 aliphatic carbocycles. The Balaban J connectivity index is 2.51. The zero-order chi connectivity index (χ0) is 11.7. The molecule has 1 aromatic rings. The van der Waals surface area contributed by atoms with Gasteiger partial charge in [-0.1, -0.05) is 20.8 Å². The van der Waals surface area contributed by atoms with Crippen molar-refractivity contribution in [3.8, 4) is 0 Å². The maximum Gasteiger partial charge on any atom is 0.112 e. The Labute approximate surface area is 103 Å². The number of aromatic nitrogens is 2. The van der Waals surface area contributed by atoms with E-state index in [9.17, 15) is 0 Å². The van der Waals surface area contributed by atoms with E-state index in [1.54, 1.807) is 0 Å². The standard InChI is InChI=1S/C13H21ClN2/c1-4-10-6-5-7-12-11(8-14)15-13(9(2)3)16(10)12/h9-10H,4-8H2,1-3H3. The van der Waals surface area contributed by atoms with Gasteiger partial charge in [0.05, 0.1) is 11.6 Å². The first-order chi connectivity index (χ1) is 7.69. The van der Waals surface area contributed by atoms with Gasteiger partial charge in [-0.15, -0.1) is 11.6 Å². The normalized spacial score (nSPS) is 20.2. The van der Waals surface area contributed by atoms with Gasteiger partial charge in [0.1, 0.15) is 5.82 Å². The van der Waals surface area contributed by atoms with E-state index in [0.717, 1.165) is 12.1 Å². The summed E-state index contributed by atoms with van der Waals surface area (Å²) in [6, 6.07) is 0.644. The van der Waals surface area contributed by atoms with Crippen LogP contribution in [0.1, 0.15) is 69.2 Å². The van der Waals surface area contributed by atoms with Crippen molar-refractivity contribution in [1.29, 1.82) is 0 Å². The molecule has 2 heterocycles. The van der Waals surface area contributed by atoms with E-state index in [2.05, 4.69) is 25.3 Å². The molecule has 1 aliphatic heterocycles. The predicted octanol–water partition coefficient (Wildman–Crippen LogP) is 4.03. The maximum atomic E-state index is 6.00. The largest absolute Gasteiger partial charge is 0.328 e. The van der Waals surface area contributed by atoms with Gasteiger partial charge < -0.3 is 4.57 Å². The van der Waals surface area contributed by atoms with Crippen LogP contribution in [0.5, 0.6) is 0 Å². The summed E-state index contributed by atoms with van der Waals surface area (Å²) in [7, 11) is 0. The number of alkyl halides is 1. The first-order valence-electron chi connectivity index (χ1n) is 6.34. The highest BCUT2D eigenvalue weighted by Crippen LogP contribution is 2.33. The Bertz CT molecular complexity index is 368. The molecule has 2 rings (SSSR count). The van der Waals surface area contributed by atoms with E-state index >= 15 is 0 Å². The van der Waals surface area contributed by atoms with Crippen molar-refractivity contribution in [2.24, 2.45) is 0 Å². The molecule has 0 amide bonds. The molecule has 90 valence electrons. The van der Waals surface area contributed by atoms with Gasteiger partial charge >= 0.3 is 0 Å². The number of rotatable bonds is 3. The van der Waals surface area contributed by atoms with Crippen LogP contribution in [-0.2, 0) is 12.3 Å². The van der Waals surface area contributed by atoms with Crippen molar-refractivity contribution in [2.75, 3.05) is 0 Å². The van der Waals surface area contributed by atoms with Gasteiger partial charge in [-0.2, -0.15) is 0 Å². The van der Waals surface area contributed by atoms with Crippen molar-refractivity contribution in [3.05, 3.63) is 17.2 Å². The van der Waals surface area contributed by atoms with Crippen LogP contribution in [0.3, 0.4) is 0 Å². The fraction of sp³-hybridized carbons (Fsp3) is 0.769. The lowest BCUT2D eigenvalue weighted by Crippen LogP contribution is -2.20. The van der Waals surface area contributed by atoms with Crippen molar-refractivity contribution < 1.29 is 0 Å². The van der Waals surface area contributed by atoms with Crippen LogP contribution in [0.15, 0.2) is 0 Å². The van der Waals surface area contributed by atoms with E-state index < -0.39 is 0 Å². The van der Waals surface area contributed by atoms with Gasteiger partial charge in [0.15, 0.2) is 0 Å². The summed E-state index contributed by atoms with van der Waals surface area (Å²) in [6.07, 6.45) is 4.93. The summed E-state index contributed by atoms with van der Waals surface area (Å²) in [6.45, 7) is 6.70. The van der Waals surface area contributed by atoms with Gasteiger partial charge in [-0.25, -0.2) is 4.98 Å². The van der Waals surface area contributed by atoms with Crippen molar-refractivity contribution in [3.63, 3.8) is 0 Å². The van der Waals surface area contributed by atoms with Crippen LogP contribution in [0.4, 0.5) is 0 Å². The summed E-state index contributed by atoms with van der Waals surface area (Å²) < 4.78 is 2.48. The lowest BCUT2D eigenvalue weighted by atomic mass is 9.99. The quantitative estimate of drug-likeness (QED) is 0.730. The number of imidazole rings is 1. The summed E-state index contributed by atoms with van der Waals surface area (Å²) >= 11 is 6.00. The Kier molecular flexibility index (Phi) is 3.58. The van der Waals surface area contributed by atoms with Gasteiger partial charge in [-0.05, 0) is 25.7 Å². The molecule has 1 aliphatic rings. The molecule has 0 saturated heterocycles. The molecule has 0 spiro atoms. The Morgan fingerprint density at radius 3 is 2.81 bits per heavy atom. The van der Waals surface area contributed by atoms with Crippen LogP contribution in [0.25, 0.3) is 0 Å². The molecule has 0 bridgehead atoms. The molecule has 0 saturated carbocycles. The Morgan fingerprint density at radius 2 is 2.25 bits per heavy atom. The molecule has 1 unspecified atom stereocenters. The topological polar surface area (TPSA) is 17.8 Å². The van der Waals surface area contributed by atoms with Crippen LogP contribution < -0.4 is 0 Å². The van der Waals surface area contributed by atoms with E-state index in [1.807, 2.05) is 0 Å². The smallest absolute Gasteiger partial charge is 0.112 e. The second-order valence-corrected chi connectivity index (χ2v) is 5.24. The number of hydrogen-bond donors (Lipinski definition) is 0. The van der Waals surface area contributed by atoms with Crippen molar-refractivity contribution >= 4 is 11.6 Å². The maximum absolute atomic E-state index is 6.00. The zero-order valence-electron chi connectivity index (χ0n) is 10.5. The number of hydrogen-bond acceptors (Lipinski definition) is 1. The average molecular weight is 241 g/mol. The monoisotopic (exact) mass is 240 g/mol. The lowest BCUT2D eigenvalue weighted by molar-refractivity contribution is 0.375. The Hall–Kier alpha value is -0.500. The summed E-state index contributed by atoms with van der Waals surface area (Å²) in [5.41, 5.74) is 2.51. The third-order valence-electron chi connectivity index (χ3n) is 3.55. The molecule has 2 nitrogen and oxygen atoms in total. The molecule has 1 aromatic heterocycles. The predicted molar refractivity (Wildman–Crippen MR) is 68.1 cm³/mol. The fourth-order valence-corrected chi connectivity index (χ4v) is 2.96. The first kappa shape index (κ1) is 12.0. The van der Waals surface area contributed by atoms with Crippen LogP contribution in [-0.4, -0.2) is 9.55 Å². The van der Waals surface area contributed by atoms with Crippen LogP contribution in [0.2, 0.25) is 0 Å². The second kappa shape index (κ2) is 4.79. The first-order valence-corrected chi connectivity index (χ1v) is 6.88. The minimum absolute atomic E-state index is 0.489. The summed E-state index contributed by atoms with van der Waals surface area (Å²) in [5.74, 6) is 2.28. The van der Waals surface area contributed by atoms with Crippen molar-refractivity contribution in [1.82, 2.24) is 9.55 Å². The molecule has 0 fully saturated rings. The van der Waals surface area contributed by atoms with Gasteiger partial charge in [0.2, 0.25) is 0 Å².